The van der Waals surface area contributed by atoms with Crippen molar-refractivity contribution in [3.05, 3.63) is 23.9 Å². The lowest BCUT2D eigenvalue weighted by atomic mass is 9.80. The molecule has 2 fully saturated rings. The van der Waals surface area contributed by atoms with Crippen LogP contribution in [0, 0.1) is 5.92 Å². The fraction of sp³-hybridized carbons (Fsp3) is 0.591. The largest absolute Gasteiger partial charge is 0.444 e. The van der Waals surface area contributed by atoms with Crippen molar-refractivity contribution in [3.8, 4) is 0 Å². The normalized spacial score (nSPS) is 25.3. The minimum atomic E-state index is -1.10. The number of carbonyl (C=O) groups excluding carboxylic acids is 4. The molecule has 0 bridgehead atoms. The molecule has 1 aromatic heterocycles. The summed E-state index contributed by atoms with van der Waals surface area (Å²) in [6.45, 7) is 5.20. The first-order valence-electron chi connectivity index (χ1n) is 10.9. The highest BCUT2D eigenvalue weighted by atomic mass is 16.6. The molecule has 1 saturated carbocycles. The Balaban J connectivity index is 1.61. The van der Waals surface area contributed by atoms with Crippen molar-refractivity contribution in [2.24, 2.45) is 11.7 Å². The number of nitrogens with two attached hydrogens (primary N) is 1. The number of ether oxygens (including phenoxy) is 1. The second-order valence-electron chi connectivity index (χ2n) is 9.90. The quantitative estimate of drug-likeness (QED) is 0.621. The third-order valence-corrected chi connectivity index (χ3v) is 6.21. The molecule has 1 aromatic rings. The number of hydrogen-bond donors (Lipinski definition) is 3. The van der Waals surface area contributed by atoms with Crippen LogP contribution in [0.2, 0.25) is 0 Å². The lowest BCUT2D eigenvalue weighted by Gasteiger charge is -2.29. The third kappa shape index (κ3) is 4.13. The molecule has 2 aliphatic heterocycles. The SMILES string of the molecule is CC(C)(C)OC(=O)N[C@@H](CC1CC1)C(=O)N1CC2(C[C@H]1C(N)=O)C(=O)Nc1ncccc12. The summed E-state index contributed by atoms with van der Waals surface area (Å²) < 4.78 is 5.33. The molecule has 1 aliphatic carbocycles. The van der Waals surface area contributed by atoms with Gasteiger partial charge in [-0.2, -0.15) is 0 Å². The molecule has 4 N–H and O–H groups in total. The molecule has 3 atom stereocenters. The average Bonchev–Trinajstić information content (AvgIpc) is 3.34. The van der Waals surface area contributed by atoms with E-state index in [0.29, 0.717) is 23.7 Å². The van der Waals surface area contributed by atoms with E-state index < -0.39 is 41.0 Å². The van der Waals surface area contributed by atoms with E-state index in [1.165, 1.54) is 4.90 Å². The lowest BCUT2D eigenvalue weighted by Crippen LogP contribution is -2.54. The Bertz CT molecular complexity index is 970. The van der Waals surface area contributed by atoms with Gasteiger partial charge in [0, 0.05) is 18.3 Å². The number of rotatable bonds is 5. The summed E-state index contributed by atoms with van der Waals surface area (Å²) in [5.41, 5.74) is 4.47. The van der Waals surface area contributed by atoms with Gasteiger partial charge in [0.15, 0.2) is 0 Å². The number of amides is 4. The number of fused-ring (bicyclic) bond motifs is 2. The van der Waals surface area contributed by atoms with E-state index >= 15 is 0 Å². The number of primary amides is 1. The van der Waals surface area contributed by atoms with E-state index in [-0.39, 0.29) is 18.9 Å². The first-order chi connectivity index (χ1) is 15.0. The first kappa shape index (κ1) is 22.0. The zero-order valence-corrected chi connectivity index (χ0v) is 18.5. The van der Waals surface area contributed by atoms with Gasteiger partial charge < -0.3 is 26.0 Å². The summed E-state index contributed by atoms with van der Waals surface area (Å²) in [5, 5.41) is 5.42. The molecule has 0 radical (unpaired) electrons. The number of alkyl carbamates (subject to hydrolysis) is 1. The Morgan fingerprint density at radius 3 is 2.72 bits per heavy atom. The number of pyridine rings is 1. The Labute approximate surface area is 186 Å². The standard InChI is InChI=1S/C22H29N5O5/c1-21(2,3)32-20(31)25-14(9-12-6-7-12)18(29)27-11-22(10-15(27)16(23)28)13-5-4-8-24-17(13)26-19(22)30/h4-5,8,12,14-15H,6-7,9-11H2,1-3H3,(H2,23,28)(H,25,31)(H,24,26,30)/t14-,15-,22?/m0/s1. The van der Waals surface area contributed by atoms with E-state index in [9.17, 15) is 19.2 Å². The monoisotopic (exact) mass is 443 g/mol. The second kappa shape index (κ2) is 7.75. The predicted molar refractivity (Wildman–Crippen MR) is 114 cm³/mol. The van der Waals surface area contributed by atoms with Gasteiger partial charge in [0.05, 0.1) is 5.41 Å². The fourth-order valence-corrected chi connectivity index (χ4v) is 4.55. The van der Waals surface area contributed by atoms with Gasteiger partial charge >= 0.3 is 6.09 Å². The van der Waals surface area contributed by atoms with Crippen LogP contribution in [0.3, 0.4) is 0 Å². The molecule has 1 saturated heterocycles. The topological polar surface area (TPSA) is 144 Å². The van der Waals surface area contributed by atoms with Gasteiger partial charge in [-0.15, -0.1) is 0 Å². The van der Waals surface area contributed by atoms with Crippen molar-refractivity contribution >= 4 is 29.6 Å². The van der Waals surface area contributed by atoms with Crippen LogP contribution in [0.5, 0.6) is 0 Å². The minimum absolute atomic E-state index is 0.0128. The van der Waals surface area contributed by atoms with Gasteiger partial charge in [0.25, 0.3) is 0 Å². The molecular formula is C22H29N5O5. The third-order valence-electron chi connectivity index (χ3n) is 6.21. The Morgan fingerprint density at radius 2 is 2.09 bits per heavy atom. The summed E-state index contributed by atoms with van der Waals surface area (Å²) >= 11 is 0. The van der Waals surface area contributed by atoms with E-state index in [1.54, 1.807) is 39.1 Å². The smallest absolute Gasteiger partial charge is 0.408 e. The van der Waals surface area contributed by atoms with Gasteiger partial charge in [-0.05, 0) is 45.6 Å². The first-order valence-corrected chi connectivity index (χ1v) is 10.9. The summed E-state index contributed by atoms with van der Waals surface area (Å²) in [6.07, 6.45) is 3.33. The summed E-state index contributed by atoms with van der Waals surface area (Å²) in [5.74, 6) is -0.693. The Morgan fingerprint density at radius 1 is 1.38 bits per heavy atom. The van der Waals surface area contributed by atoms with Crippen LogP contribution in [-0.4, -0.2) is 57.9 Å². The van der Waals surface area contributed by atoms with E-state index in [4.69, 9.17) is 10.5 Å². The van der Waals surface area contributed by atoms with Gasteiger partial charge in [0.1, 0.15) is 23.5 Å². The fourth-order valence-electron chi connectivity index (χ4n) is 4.55. The molecule has 10 heteroatoms. The summed E-state index contributed by atoms with van der Waals surface area (Å²) in [4.78, 5) is 56.8. The zero-order valence-electron chi connectivity index (χ0n) is 18.5. The molecule has 3 heterocycles. The maximum atomic E-state index is 13.6. The number of likely N-dealkylation sites (tertiary alicyclic amines) is 1. The number of carbonyl (C=O) groups is 4. The molecule has 4 rings (SSSR count). The number of anilines is 1. The second-order valence-corrected chi connectivity index (χ2v) is 9.90. The average molecular weight is 444 g/mol. The van der Waals surface area contributed by atoms with Gasteiger partial charge in [-0.1, -0.05) is 18.9 Å². The molecular weight excluding hydrogens is 414 g/mol. The van der Waals surface area contributed by atoms with Crippen LogP contribution in [0.1, 0.15) is 52.0 Å². The maximum absolute atomic E-state index is 13.6. The molecule has 4 amide bonds. The predicted octanol–water partition coefficient (Wildman–Crippen LogP) is 1.05. The molecule has 3 aliphatic rings. The van der Waals surface area contributed by atoms with Crippen LogP contribution in [0.4, 0.5) is 10.6 Å². The van der Waals surface area contributed by atoms with Gasteiger partial charge in [-0.3, -0.25) is 14.4 Å². The molecule has 172 valence electrons. The summed E-state index contributed by atoms with van der Waals surface area (Å²) in [6, 6.07) is 1.64. The van der Waals surface area contributed by atoms with Gasteiger partial charge in [0.2, 0.25) is 17.7 Å². The van der Waals surface area contributed by atoms with Crippen LogP contribution < -0.4 is 16.4 Å². The highest BCUT2D eigenvalue weighted by Gasteiger charge is 2.58. The van der Waals surface area contributed by atoms with Crippen LogP contribution in [0.15, 0.2) is 18.3 Å². The molecule has 32 heavy (non-hydrogen) atoms. The van der Waals surface area contributed by atoms with E-state index in [2.05, 4.69) is 15.6 Å². The molecule has 10 nitrogen and oxygen atoms in total. The zero-order chi connectivity index (χ0) is 23.3. The summed E-state index contributed by atoms with van der Waals surface area (Å²) in [7, 11) is 0. The van der Waals surface area contributed by atoms with Crippen molar-refractivity contribution in [2.75, 3.05) is 11.9 Å². The Hall–Kier alpha value is -3.17. The maximum Gasteiger partial charge on any atom is 0.408 e. The number of nitrogens with zero attached hydrogens (tertiary/aromatic N) is 2. The lowest BCUT2D eigenvalue weighted by molar-refractivity contribution is -0.139. The highest BCUT2D eigenvalue weighted by molar-refractivity contribution is 6.07. The molecule has 1 unspecified atom stereocenters. The van der Waals surface area contributed by atoms with Crippen LogP contribution in [0.25, 0.3) is 0 Å². The Kier molecular flexibility index (Phi) is 5.34. The van der Waals surface area contributed by atoms with Crippen molar-refractivity contribution in [3.63, 3.8) is 0 Å². The highest BCUT2D eigenvalue weighted by Crippen LogP contribution is 2.46. The van der Waals surface area contributed by atoms with Gasteiger partial charge in [-0.25, -0.2) is 9.78 Å². The number of nitrogens with one attached hydrogen (secondary N) is 2. The van der Waals surface area contributed by atoms with Crippen molar-refractivity contribution < 1.29 is 23.9 Å². The van der Waals surface area contributed by atoms with Crippen LogP contribution in [-0.2, 0) is 24.5 Å². The molecule has 1 spiro atoms. The van der Waals surface area contributed by atoms with E-state index in [0.717, 1.165) is 12.8 Å². The van der Waals surface area contributed by atoms with Crippen molar-refractivity contribution in [1.29, 1.82) is 0 Å². The van der Waals surface area contributed by atoms with Crippen LogP contribution >= 0.6 is 0 Å². The van der Waals surface area contributed by atoms with E-state index in [1.807, 2.05) is 0 Å². The van der Waals surface area contributed by atoms with Crippen molar-refractivity contribution in [2.45, 2.75) is 69.6 Å². The van der Waals surface area contributed by atoms with Crippen molar-refractivity contribution in [1.82, 2.24) is 15.2 Å². The number of aromatic nitrogens is 1. The number of hydrogen-bond acceptors (Lipinski definition) is 6. The molecule has 0 aromatic carbocycles. The minimum Gasteiger partial charge on any atom is -0.444 e.